The third-order valence-corrected chi connectivity index (χ3v) is 8.07. The third-order valence-electron chi connectivity index (χ3n) is 7.80. The number of aliphatic hydroxyl groups is 1. The molecule has 1 fully saturated rings. The summed E-state index contributed by atoms with van der Waals surface area (Å²) in [6, 6.07) is 7.45. The van der Waals surface area contributed by atoms with E-state index < -0.39 is 30.4 Å². The van der Waals surface area contributed by atoms with Gasteiger partial charge in [0.05, 0.1) is 36.7 Å². The number of aliphatic hydroxyl groups excluding tert-OH is 1. The molecule has 13 heteroatoms. The van der Waals surface area contributed by atoms with Gasteiger partial charge in [-0.05, 0) is 42.7 Å². The molecular weight excluding hydrogens is 579 g/mol. The Bertz CT molecular complexity index is 1570. The molecule has 5 rings (SSSR count). The topological polar surface area (TPSA) is 137 Å². The van der Waals surface area contributed by atoms with Crippen molar-refractivity contribution in [3.63, 3.8) is 0 Å². The first-order valence-corrected chi connectivity index (χ1v) is 14.2. The molecule has 3 amide bonds. The van der Waals surface area contributed by atoms with Crippen LogP contribution in [0.2, 0.25) is 5.02 Å². The number of carbonyl (C=O) groups is 3. The van der Waals surface area contributed by atoms with Crippen molar-refractivity contribution >= 4 is 35.3 Å². The molecule has 3 aromatic rings. The van der Waals surface area contributed by atoms with Crippen molar-refractivity contribution in [2.24, 2.45) is 0 Å². The van der Waals surface area contributed by atoms with Crippen LogP contribution in [0.25, 0.3) is 11.3 Å². The van der Waals surface area contributed by atoms with Crippen LogP contribution >= 0.6 is 11.6 Å². The zero-order valence-electron chi connectivity index (χ0n) is 23.9. The largest absolute Gasteiger partial charge is 0.497 e. The highest BCUT2D eigenvalue weighted by Crippen LogP contribution is 2.33. The lowest BCUT2D eigenvalue weighted by molar-refractivity contribution is -0.132. The van der Waals surface area contributed by atoms with Crippen molar-refractivity contribution in [2.45, 2.75) is 44.4 Å². The molecule has 3 heterocycles. The molecule has 0 radical (unpaired) electrons. The van der Waals surface area contributed by atoms with E-state index in [0.29, 0.717) is 52.7 Å². The fourth-order valence-electron chi connectivity index (χ4n) is 5.31. The molecule has 0 saturated carbocycles. The van der Waals surface area contributed by atoms with E-state index in [1.807, 2.05) is 6.07 Å². The number of methoxy groups -OCH3 is 1. The number of benzene rings is 2. The fourth-order valence-corrected chi connectivity index (χ4v) is 5.51. The number of hydrogen-bond acceptors (Lipinski definition) is 8. The van der Waals surface area contributed by atoms with Gasteiger partial charge in [-0.1, -0.05) is 23.7 Å². The van der Waals surface area contributed by atoms with Crippen LogP contribution in [0, 0.1) is 5.82 Å². The quantitative estimate of drug-likeness (QED) is 0.336. The van der Waals surface area contributed by atoms with Gasteiger partial charge < -0.3 is 30.3 Å². The minimum Gasteiger partial charge on any atom is -0.497 e. The lowest BCUT2D eigenvalue weighted by atomic mass is 10.0. The van der Waals surface area contributed by atoms with Crippen LogP contribution in [0.1, 0.15) is 47.3 Å². The average Bonchev–Trinajstić information content (AvgIpc) is 3.33. The summed E-state index contributed by atoms with van der Waals surface area (Å²) < 4.78 is 19.1. The van der Waals surface area contributed by atoms with E-state index in [0.717, 1.165) is 5.56 Å². The van der Waals surface area contributed by atoms with E-state index in [2.05, 4.69) is 20.6 Å². The predicted molar refractivity (Wildman–Crippen MR) is 157 cm³/mol. The van der Waals surface area contributed by atoms with Gasteiger partial charge in [0, 0.05) is 49.8 Å². The summed E-state index contributed by atoms with van der Waals surface area (Å²) >= 11 is 6.46. The number of amides is 3. The van der Waals surface area contributed by atoms with Crippen LogP contribution in [-0.2, 0) is 16.1 Å². The van der Waals surface area contributed by atoms with Crippen molar-refractivity contribution in [2.75, 3.05) is 32.6 Å². The molecule has 2 aliphatic rings. The van der Waals surface area contributed by atoms with Crippen molar-refractivity contribution < 1.29 is 28.6 Å². The first-order valence-electron chi connectivity index (χ1n) is 13.8. The molecular formula is C30H32ClFN6O5. The van der Waals surface area contributed by atoms with Crippen LogP contribution in [-0.4, -0.2) is 82.0 Å². The molecule has 3 N–H and O–H groups in total. The molecule has 0 spiro atoms. The average molecular weight is 611 g/mol. The second-order valence-electron chi connectivity index (χ2n) is 10.7. The Morgan fingerprint density at radius 2 is 2.05 bits per heavy atom. The van der Waals surface area contributed by atoms with Gasteiger partial charge in [-0.3, -0.25) is 14.4 Å². The second-order valence-corrected chi connectivity index (χ2v) is 11.1. The molecule has 0 aliphatic carbocycles. The minimum atomic E-state index is -0.900. The zero-order chi connectivity index (χ0) is 30.8. The molecule has 0 unspecified atom stereocenters. The Labute approximate surface area is 253 Å². The molecule has 2 aliphatic heterocycles. The lowest BCUT2D eigenvalue weighted by Gasteiger charge is -2.30. The summed E-state index contributed by atoms with van der Waals surface area (Å²) in [5.74, 6) is -0.707. The number of carbonyl (C=O) groups excluding carboxylic acids is 3. The smallest absolute Gasteiger partial charge is 0.255 e. The molecule has 1 saturated heterocycles. The molecule has 43 heavy (non-hydrogen) atoms. The molecule has 226 valence electrons. The number of nitrogens with one attached hydrogen (secondary N) is 2. The number of hydrogen-bond donors (Lipinski definition) is 3. The number of piperidine rings is 1. The first-order chi connectivity index (χ1) is 20.6. The third kappa shape index (κ3) is 6.40. The Hall–Kier alpha value is -4.29. The Morgan fingerprint density at radius 3 is 2.77 bits per heavy atom. The van der Waals surface area contributed by atoms with Crippen LogP contribution in [0.5, 0.6) is 5.75 Å². The zero-order valence-corrected chi connectivity index (χ0v) is 24.7. The highest BCUT2D eigenvalue weighted by Gasteiger charge is 2.35. The Morgan fingerprint density at radius 1 is 1.26 bits per heavy atom. The van der Waals surface area contributed by atoms with E-state index in [-0.39, 0.29) is 30.2 Å². The molecule has 11 nitrogen and oxygen atoms in total. The second kappa shape index (κ2) is 12.5. The minimum absolute atomic E-state index is 0.00658. The predicted octanol–water partition coefficient (Wildman–Crippen LogP) is 3.17. The highest BCUT2D eigenvalue weighted by molar-refractivity contribution is 6.33. The van der Waals surface area contributed by atoms with Crippen molar-refractivity contribution in [3.05, 3.63) is 70.1 Å². The van der Waals surface area contributed by atoms with E-state index in [1.165, 1.54) is 36.4 Å². The van der Waals surface area contributed by atoms with E-state index >= 15 is 0 Å². The number of aromatic nitrogens is 2. The number of fused-ring (bicyclic) bond motifs is 1. The summed E-state index contributed by atoms with van der Waals surface area (Å²) in [4.78, 5) is 50.5. The molecule has 0 bridgehead atoms. The summed E-state index contributed by atoms with van der Waals surface area (Å²) in [5, 5.41) is 16.2. The molecule has 2 aromatic carbocycles. The number of likely N-dealkylation sites (N-methyl/N-ethyl adjacent to an activating group) is 1. The van der Waals surface area contributed by atoms with Gasteiger partial charge in [-0.2, -0.15) is 0 Å². The van der Waals surface area contributed by atoms with E-state index in [4.69, 9.17) is 16.3 Å². The van der Waals surface area contributed by atoms with E-state index in [1.54, 1.807) is 31.0 Å². The van der Waals surface area contributed by atoms with Gasteiger partial charge in [-0.25, -0.2) is 14.4 Å². The number of halogens is 2. The molecule has 1 aromatic heterocycles. The summed E-state index contributed by atoms with van der Waals surface area (Å²) in [5.41, 5.74) is 2.54. The van der Waals surface area contributed by atoms with Gasteiger partial charge in [0.2, 0.25) is 17.8 Å². The van der Waals surface area contributed by atoms with Crippen molar-refractivity contribution in [1.29, 1.82) is 0 Å². The fraction of sp³-hybridized carbons (Fsp3) is 0.367. The first kappa shape index (κ1) is 30.2. The summed E-state index contributed by atoms with van der Waals surface area (Å²) in [7, 11) is 3.15. The number of nitrogens with zero attached hydrogens (tertiary/aromatic N) is 4. The van der Waals surface area contributed by atoms with Gasteiger partial charge in [0.15, 0.2) is 0 Å². The van der Waals surface area contributed by atoms with Gasteiger partial charge in [-0.15, -0.1) is 0 Å². The number of likely N-dealkylation sites (tertiary alicyclic amines) is 1. The van der Waals surface area contributed by atoms with Crippen molar-refractivity contribution in [3.8, 4) is 17.0 Å². The summed E-state index contributed by atoms with van der Waals surface area (Å²) in [6.07, 6.45) is 2.59. The number of anilines is 1. The van der Waals surface area contributed by atoms with Crippen LogP contribution in [0.15, 0.2) is 42.6 Å². The summed E-state index contributed by atoms with van der Waals surface area (Å²) in [6.45, 7) is 1.86. The van der Waals surface area contributed by atoms with Crippen LogP contribution in [0.4, 0.5) is 10.3 Å². The maximum atomic E-state index is 14.0. The monoisotopic (exact) mass is 610 g/mol. The van der Waals surface area contributed by atoms with Gasteiger partial charge in [0.25, 0.3) is 5.91 Å². The standard InChI is InChI=1S/C30H32ClFN6O5/c1-16(28(41)35-25(15-39)19-8-20(32)11-22(9-19)43-3)38-13-18-5-4-17(10-23(18)29(38)42)27-24(31)12-33-30(36-27)34-21-6-7-26(40)37(2)14-21/h4-5,8-12,16,21,25,39H,6-7,13-15H2,1-3H3,(H,35,41)(H,33,34,36)/t16-,21-,25-/m1/s1. The van der Waals surface area contributed by atoms with E-state index in [9.17, 15) is 23.9 Å². The Balaban J connectivity index is 1.30. The molecule has 3 atom stereocenters. The number of rotatable bonds is 9. The van der Waals surface area contributed by atoms with Gasteiger partial charge in [0.1, 0.15) is 17.6 Å². The van der Waals surface area contributed by atoms with Crippen molar-refractivity contribution in [1.82, 2.24) is 25.1 Å². The van der Waals surface area contributed by atoms with Crippen LogP contribution < -0.4 is 15.4 Å². The lowest BCUT2D eigenvalue weighted by Crippen LogP contribution is -2.46. The number of ether oxygens (including phenoxy) is 1. The SMILES string of the molecule is COc1cc(F)cc([C@@H](CO)NC(=O)[C@@H](C)N2Cc3ccc(-c4nc(N[C@@H]5CCC(=O)N(C)C5)ncc4Cl)cc3C2=O)c1. The van der Waals surface area contributed by atoms with Crippen LogP contribution in [0.3, 0.4) is 0 Å². The van der Waals surface area contributed by atoms with Gasteiger partial charge >= 0.3 is 0 Å². The maximum Gasteiger partial charge on any atom is 0.255 e. The maximum absolute atomic E-state index is 14.0. The Kier molecular flexibility index (Phi) is 8.79. The normalized spacial score (nSPS) is 17.9. The highest BCUT2D eigenvalue weighted by atomic mass is 35.5.